The summed E-state index contributed by atoms with van der Waals surface area (Å²) in [5.74, 6) is 0.567. The summed E-state index contributed by atoms with van der Waals surface area (Å²) in [6.07, 6.45) is 6.10. The first kappa shape index (κ1) is 14.3. The summed E-state index contributed by atoms with van der Waals surface area (Å²) < 4.78 is 0. The summed E-state index contributed by atoms with van der Waals surface area (Å²) in [5.41, 5.74) is 0.157. The third-order valence-electron chi connectivity index (χ3n) is 4.21. The van der Waals surface area contributed by atoms with E-state index in [1.165, 1.54) is 19.3 Å². The van der Waals surface area contributed by atoms with Gasteiger partial charge in [0.15, 0.2) is 0 Å². The molecule has 2 amide bonds. The summed E-state index contributed by atoms with van der Waals surface area (Å²) in [7, 11) is 0. The van der Waals surface area contributed by atoms with Gasteiger partial charge in [0.25, 0.3) is 0 Å². The fraction of sp³-hybridized carbons (Fsp3) is 0.929. The number of carbonyl (C=O) groups is 1. The van der Waals surface area contributed by atoms with Crippen LogP contribution in [0.5, 0.6) is 0 Å². The van der Waals surface area contributed by atoms with Crippen LogP contribution in [0.25, 0.3) is 0 Å². The van der Waals surface area contributed by atoms with E-state index in [0.717, 1.165) is 19.4 Å². The van der Waals surface area contributed by atoms with E-state index in [4.69, 9.17) is 0 Å². The molecule has 0 aromatic carbocycles. The zero-order valence-corrected chi connectivity index (χ0v) is 11.8. The van der Waals surface area contributed by atoms with Crippen molar-refractivity contribution >= 4 is 6.03 Å². The van der Waals surface area contributed by atoms with Crippen LogP contribution in [0, 0.1) is 11.3 Å². The van der Waals surface area contributed by atoms with Crippen LogP contribution in [0.4, 0.5) is 4.79 Å². The fourth-order valence-corrected chi connectivity index (χ4v) is 2.00. The summed E-state index contributed by atoms with van der Waals surface area (Å²) in [4.78, 5) is 11.8. The van der Waals surface area contributed by atoms with E-state index in [1.807, 2.05) is 0 Å². The first-order valence-electron chi connectivity index (χ1n) is 6.96. The second-order valence-electron chi connectivity index (χ2n) is 6.31. The van der Waals surface area contributed by atoms with Gasteiger partial charge in [0.05, 0.1) is 0 Å². The number of hydrogen-bond donors (Lipinski definition) is 2. The van der Waals surface area contributed by atoms with Gasteiger partial charge in [-0.05, 0) is 24.2 Å². The molecular formula is C14H28N2O. The van der Waals surface area contributed by atoms with Gasteiger partial charge in [-0.3, -0.25) is 0 Å². The van der Waals surface area contributed by atoms with E-state index >= 15 is 0 Å². The summed E-state index contributed by atoms with van der Waals surface area (Å²) in [6.45, 7) is 9.52. The summed E-state index contributed by atoms with van der Waals surface area (Å²) >= 11 is 0. The van der Waals surface area contributed by atoms with Crippen molar-refractivity contribution in [1.82, 2.24) is 10.6 Å². The number of nitrogens with one attached hydrogen (secondary N) is 2. The Balaban J connectivity index is 2.25. The smallest absolute Gasteiger partial charge is 0.315 e. The molecule has 0 aromatic heterocycles. The first-order chi connectivity index (χ1) is 7.92. The molecule has 3 nitrogen and oxygen atoms in total. The first-order valence-corrected chi connectivity index (χ1v) is 6.96. The zero-order valence-electron chi connectivity index (χ0n) is 11.8. The maximum atomic E-state index is 11.8. The Morgan fingerprint density at radius 2 is 1.82 bits per heavy atom. The van der Waals surface area contributed by atoms with Crippen molar-refractivity contribution in [3.8, 4) is 0 Å². The minimum Gasteiger partial charge on any atom is -0.338 e. The molecule has 0 atom stereocenters. The number of hydrogen-bond acceptors (Lipinski definition) is 1. The maximum Gasteiger partial charge on any atom is 0.315 e. The van der Waals surface area contributed by atoms with Crippen LogP contribution in [0.15, 0.2) is 0 Å². The molecule has 0 heterocycles. The Bertz CT molecular complexity index is 243. The number of amides is 2. The van der Waals surface area contributed by atoms with Crippen molar-refractivity contribution in [2.75, 3.05) is 6.54 Å². The Kier molecular flexibility index (Phi) is 5.29. The van der Waals surface area contributed by atoms with E-state index in [9.17, 15) is 4.79 Å². The Hall–Kier alpha value is -0.730. The predicted molar refractivity (Wildman–Crippen MR) is 72.0 cm³/mol. The standard InChI is InChI=1S/C14H28N2O/c1-11(2)14(3,4)10-15-13(17)16-12-8-6-5-7-9-12/h11-12H,5-10H2,1-4H3,(H2,15,16,17). The van der Waals surface area contributed by atoms with E-state index in [0.29, 0.717) is 12.0 Å². The Labute approximate surface area is 106 Å². The lowest BCUT2D eigenvalue weighted by Crippen LogP contribution is -2.46. The molecule has 1 aliphatic rings. The van der Waals surface area contributed by atoms with Gasteiger partial charge in [0, 0.05) is 12.6 Å². The van der Waals surface area contributed by atoms with Gasteiger partial charge in [0.1, 0.15) is 0 Å². The third-order valence-corrected chi connectivity index (χ3v) is 4.21. The van der Waals surface area contributed by atoms with Crippen LogP contribution in [0.3, 0.4) is 0 Å². The van der Waals surface area contributed by atoms with Gasteiger partial charge in [-0.1, -0.05) is 47.0 Å². The van der Waals surface area contributed by atoms with Crippen LogP contribution >= 0.6 is 0 Å². The number of urea groups is 1. The van der Waals surface area contributed by atoms with Gasteiger partial charge in [-0.15, -0.1) is 0 Å². The van der Waals surface area contributed by atoms with Crippen molar-refractivity contribution in [2.45, 2.75) is 65.8 Å². The number of carbonyl (C=O) groups excluding carboxylic acids is 1. The third kappa shape index (κ3) is 4.97. The normalized spacial score (nSPS) is 18.2. The van der Waals surface area contributed by atoms with Crippen LogP contribution in [0.1, 0.15) is 59.8 Å². The van der Waals surface area contributed by atoms with Crippen molar-refractivity contribution in [3.05, 3.63) is 0 Å². The molecule has 0 bridgehead atoms. The quantitative estimate of drug-likeness (QED) is 0.777. The molecule has 17 heavy (non-hydrogen) atoms. The molecule has 0 spiro atoms. The molecule has 1 fully saturated rings. The maximum absolute atomic E-state index is 11.8. The highest BCUT2D eigenvalue weighted by Gasteiger charge is 2.23. The summed E-state index contributed by atoms with van der Waals surface area (Å²) in [5, 5.41) is 6.08. The second kappa shape index (κ2) is 6.27. The average Bonchev–Trinajstić information content (AvgIpc) is 2.28. The molecule has 2 N–H and O–H groups in total. The molecule has 0 unspecified atom stereocenters. The van der Waals surface area contributed by atoms with E-state index in [1.54, 1.807) is 0 Å². The molecule has 1 aliphatic carbocycles. The van der Waals surface area contributed by atoms with Crippen LogP contribution in [-0.2, 0) is 0 Å². The SMILES string of the molecule is CC(C)C(C)(C)CNC(=O)NC1CCCCC1. The van der Waals surface area contributed by atoms with Gasteiger partial charge >= 0.3 is 6.03 Å². The Morgan fingerprint density at radius 3 is 2.35 bits per heavy atom. The van der Waals surface area contributed by atoms with E-state index < -0.39 is 0 Å². The summed E-state index contributed by atoms with van der Waals surface area (Å²) in [6, 6.07) is 0.400. The van der Waals surface area contributed by atoms with Crippen LogP contribution in [-0.4, -0.2) is 18.6 Å². The van der Waals surface area contributed by atoms with E-state index in [2.05, 4.69) is 38.3 Å². The lowest BCUT2D eigenvalue weighted by Gasteiger charge is -2.30. The minimum atomic E-state index is 0.00521. The predicted octanol–water partition coefficient (Wildman–Crippen LogP) is 3.30. The topological polar surface area (TPSA) is 41.1 Å². The monoisotopic (exact) mass is 240 g/mol. The van der Waals surface area contributed by atoms with Crippen LogP contribution < -0.4 is 10.6 Å². The molecule has 0 saturated heterocycles. The molecule has 1 rings (SSSR count). The molecule has 1 saturated carbocycles. The van der Waals surface area contributed by atoms with Crippen molar-refractivity contribution in [1.29, 1.82) is 0 Å². The van der Waals surface area contributed by atoms with Crippen molar-refractivity contribution < 1.29 is 4.79 Å². The second-order valence-corrected chi connectivity index (χ2v) is 6.31. The molecular weight excluding hydrogens is 212 g/mol. The van der Waals surface area contributed by atoms with Crippen molar-refractivity contribution in [2.24, 2.45) is 11.3 Å². The lowest BCUT2D eigenvalue weighted by molar-refractivity contribution is 0.210. The van der Waals surface area contributed by atoms with Gasteiger partial charge in [-0.2, -0.15) is 0 Å². The van der Waals surface area contributed by atoms with Gasteiger partial charge in [0.2, 0.25) is 0 Å². The highest BCUT2D eigenvalue weighted by Crippen LogP contribution is 2.24. The minimum absolute atomic E-state index is 0.00521. The lowest BCUT2D eigenvalue weighted by atomic mass is 9.81. The zero-order chi connectivity index (χ0) is 12.9. The molecule has 0 radical (unpaired) electrons. The molecule has 0 aromatic rings. The molecule has 0 aliphatic heterocycles. The molecule has 100 valence electrons. The highest BCUT2D eigenvalue weighted by molar-refractivity contribution is 5.74. The van der Waals surface area contributed by atoms with Gasteiger partial charge in [-0.25, -0.2) is 4.79 Å². The number of rotatable bonds is 4. The highest BCUT2D eigenvalue weighted by atomic mass is 16.2. The average molecular weight is 240 g/mol. The van der Waals surface area contributed by atoms with E-state index in [-0.39, 0.29) is 11.4 Å². The largest absolute Gasteiger partial charge is 0.338 e. The Morgan fingerprint density at radius 1 is 1.24 bits per heavy atom. The molecule has 3 heteroatoms. The van der Waals surface area contributed by atoms with Gasteiger partial charge < -0.3 is 10.6 Å². The van der Waals surface area contributed by atoms with Crippen molar-refractivity contribution in [3.63, 3.8) is 0 Å². The van der Waals surface area contributed by atoms with Crippen LogP contribution in [0.2, 0.25) is 0 Å². The fourth-order valence-electron chi connectivity index (χ4n) is 2.00.